The normalized spacial score (nSPS) is 11.9. The van der Waals surface area contributed by atoms with Crippen molar-refractivity contribution in [1.82, 2.24) is 4.90 Å². The number of nitrogens with zero attached hydrogens (tertiary/aromatic N) is 1. The number of methoxy groups -OCH3 is 1. The molecule has 5 nitrogen and oxygen atoms in total. The summed E-state index contributed by atoms with van der Waals surface area (Å²) in [6.07, 6.45) is 1.49. The minimum Gasteiger partial charge on any atom is -0.469 e. The first-order chi connectivity index (χ1) is 10.9. The molecule has 0 aliphatic rings. The zero-order valence-electron chi connectivity index (χ0n) is 14.0. The number of esters is 1. The number of rotatable bonds is 8. The molecule has 0 unspecified atom stereocenters. The molecular weight excluding hydrogens is 299 g/mol. The largest absolute Gasteiger partial charge is 0.469 e. The van der Waals surface area contributed by atoms with Gasteiger partial charge in [-0.05, 0) is 19.4 Å². The number of hydrogen-bond acceptors (Lipinski definition) is 4. The number of unbranched alkanes of at least 4 members (excludes halogenated alkanes) is 1. The van der Waals surface area contributed by atoms with Crippen LogP contribution in [0.15, 0.2) is 18.2 Å². The molecule has 2 N–H and O–H groups in total. The Kier molecular flexibility index (Phi) is 7.68. The van der Waals surface area contributed by atoms with Crippen LogP contribution in [0.25, 0.3) is 0 Å². The van der Waals surface area contributed by atoms with Crippen molar-refractivity contribution >= 4 is 11.9 Å². The van der Waals surface area contributed by atoms with Crippen molar-refractivity contribution in [3.8, 4) is 0 Å². The molecule has 0 heterocycles. The third-order valence-corrected chi connectivity index (χ3v) is 3.59. The molecule has 1 aromatic carbocycles. The van der Waals surface area contributed by atoms with Gasteiger partial charge in [0.25, 0.3) is 0 Å². The fraction of sp³-hybridized carbons (Fsp3) is 0.529. The molecule has 0 spiro atoms. The van der Waals surface area contributed by atoms with Crippen LogP contribution < -0.4 is 5.73 Å². The Morgan fingerprint density at radius 3 is 2.70 bits per heavy atom. The molecule has 0 aliphatic heterocycles. The van der Waals surface area contributed by atoms with Crippen LogP contribution >= 0.6 is 0 Å². The van der Waals surface area contributed by atoms with E-state index < -0.39 is 12.0 Å². The average molecular weight is 324 g/mol. The fourth-order valence-electron chi connectivity index (χ4n) is 2.23. The van der Waals surface area contributed by atoms with Crippen molar-refractivity contribution in [3.05, 3.63) is 35.1 Å². The molecular formula is C17H25FN2O3. The van der Waals surface area contributed by atoms with Gasteiger partial charge in [-0.15, -0.1) is 0 Å². The highest BCUT2D eigenvalue weighted by atomic mass is 19.1. The number of nitrogens with two attached hydrogens (primary N) is 1. The predicted molar refractivity (Wildman–Crippen MR) is 86.1 cm³/mol. The van der Waals surface area contributed by atoms with Crippen LogP contribution in [0.5, 0.6) is 0 Å². The van der Waals surface area contributed by atoms with E-state index in [-0.39, 0.29) is 24.7 Å². The quantitative estimate of drug-likeness (QED) is 0.744. The minimum atomic E-state index is -0.979. The molecule has 128 valence electrons. The third-order valence-electron chi connectivity index (χ3n) is 3.59. The van der Waals surface area contributed by atoms with Crippen LogP contribution in [0.2, 0.25) is 0 Å². The lowest BCUT2D eigenvalue weighted by atomic mass is 10.1. The first-order valence-electron chi connectivity index (χ1n) is 7.75. The Balaban J connectivity index is 2.88. The Hall–Kier alpha value is -1.95. The number of carbonyl (C=O) groups is 2. The fourth-order valence-corrected chi connectivity index (χ4v) is 2.23. The molecule has 0 saturated heterocycles. The van der Waals surface area contributed by atoms with Gasteiger partial charge in [-0.1, -0.05) is 31.0 Å². The van der Waals surface area contributed by atoms with E-state index in [1.54, 1.807) is 12.1 Å². The number of carbonyl (C=O) groups excluding carboxylic acids is 2. The van der Waals surface area contributed by atoms with Gasteiger partial charge in [-0.25, -0.2) is 4.39 Å². The Bertz CT molecular complexity index is 549. The molecule has 1 aromatic rings. The van der Waals surface area contributed by atoms with Crippen molar-refractivity contribution < 1.29 is 18.7 Å². The highest BCUT2D eigenvalue weighted by molar-refractivity contribution is 5.86. The van der Waals surface area contributed by atoms with Crippen LogP contribution in [-0.4, -0.2) is 36.5 Å². The van der Waals surface area contributed by atoms with E-state index in [4.69, 9.17) is 5.73 Å². The molecule has 1 rings (SSSR count). The van der Waals surface area contributed by atoms with Crippen molar-refractivity contribution in [2.24, 2.45) is 5.73 Å². The summed E-state index contributed by atoms with van der Waals surface area (Å²) < 4.78 is 18.5. The van der Waals surface area contributed by atoms with Crippen LogP contribution in [0.3, 0.4) is 0 Å². The van der Waals surface area contributed by atoms with E-state index in [2.05, 4.69) is 4.74 Å². The van der Waals surface area contributed by atoms with E-state index in [1.807, 2.05) is 13.8 Å². The number of aryl methyl sites for hydroxylation is 1. The second-order valence-electron chi connectivity index (χ2n) is 5.59. The van der Waals surface area contributed by atoms with Gasteiger partial charge in [0, 0.05) is 18.7 Å². The van der Waals surface area contributed by atoms with Crippen molar-refractivity contribution in [1.29, 1.82) is 0 Å². The molecule has 0 bridgehead atoms. The Morgan fingerprint density at radius 2 is 2.09 bits per heavy atom. The summed E-state index contributed by atoms with van der Waals surface area (Å²) in [7, 11) is 1.25. The molecule has 0 radical (unpaired) electrons. The van der Waals surface area contributed by atoms with Crippen LogP contribution in [0.1, 0.15) is 37.3 Å². The van der Waals surface area contributed by atoms with E-state index in [1.165, 1.54) is 18.1 Å². The van der Waals surface area contributed by atoms with Gasteiger partial charge in [0.2, 0.25) is 5.91 Å². The lowest BCUT2D eigenvalue weighted by molar-refractivity contribution is -0.144. The molecule has 0 aliphatic carbocycles. The molecule has 1 amide bonds. The lowest BCUT2D eigenvalue weighted by Gasteiger charge is -2.26. The van der Waals surface area contributed by atoms with Gasteiger partial charge in [-0.2, -0.15) is 0 Å². The Labute approximate surface area is 136 Å². The van der Waals surface area contributed by atoms with Crippen LogP contribution in [0, 0.1) is 12.7 Å². The highest BCUT2D eigenvalue weighted by Crippen LogP contribution is 2.14. The third kappa shape index (κ3) is 5.98. The first-order valence-corrected chi connectivity index (χ1v) is 7.75. The number of ether oxygens (including phenoxy) is 1. The van der Waals surface area contributed by atoms with Crippen molar-refractivity contribution in [3.63, 3.8) is 0 Å². The number of hydrogen-bond donors (Lipinski definition) is 1. The molecule has 0 fully saturated rings. The first kappa shape index (κ1) is 19.1. The maximum Gasteiger partial charge on any atom is 0.307 e. The molecule has 1 atom stereocenters. The van der Waals surface area contributed by atoms with E-state index in [0.29, 0.717) is 12.1 Å². The smallest absolute Gasteiger partial charge is 0.307 e. The van der Waals surface area contributed by atoms with Gasteiger partial charge >= 0.3 is 5.97 Å². The van der Waals surface area contributed by atoms with Gasteiger partial charge in [-0.3, -0.25) is 9.59 Å². The van der Waals surface area contributed by atoms with E-state index >= 15 is 0 Å². The van der Waals surface area contributed by atoms with Crippen LogP contribution in [0.4, 0.5) is 4.39 Å². The van der Waals surface area contributed by atoms with Gasteiger partial charge < -0.3 is 15.4 Å². The predicted octanol–water partition coefficient (Wildman–Crippen LogP) is 2.15. The highest BCUT2D eigenvalue weighted by Gasteiger charge is 2.24. The molecule has 23 heavy (non-hydrogen) atoms. The summed E-state index contributed by atoms with van der Waals surface area (Å²) in [6.45, 7) is 4.48. The second kappa shape index (κ2) is 9.25. The number of amides is 1. The Morgan fingerprint density at radius 1 is 1.39 bits per heavy atom. The SMILES string of the molecule is CCCCN(Cc1cc(C)ccc1F)C(=O)[C@@H](N)CC(=O)OC. The maximum atomic E-state index is 13.9. The average Bonchev–Trinajstić information content (AvgIpc) is 2.53. The summed E-state index contributed by atoms with van der Waals surface area (Å²) in [4.78, 5) is 25.3. The second-order valence-corrected chi connectivity index (χ2v) is 5.59. The van der Waals surface area contributed by atoms with Gasteiger partial charge in [0.05, 0.1) is 19.6 Å². The zero-order valence-corrected chi connectivity index (χ0v) is 14.0. The summed E-state index contributed by atoms with van der Waals surface area (Å²) in [5, 5.41) is 0. The minimum absolute atomic E-state index is 0.140. The standard InChI is InChI=1S/C17H25FN2O3/c1-4-5-8-20(17(22)15(19)10-16(21)23-3)11-13-9-12(2)6-7-14(13)18/h6-7,9,15H,4-5,8,10-11,19H2,1-3H3/t15-/m0/s1. The lowest BCUT2D eigenvalue weighted by Crippen LogP contribution is -2.45. The molecule has 0 aromatic heterocycles. The van der Waals surface area contributed by atoms with E-state index in [9.17, 15) is 14.0 Å². The summed E-state index contributed by atoms with van der Waals surface area (Å²) in [6, 6.07) is 3.81. The number of halogens is 1. The van der Waals surface area contributed by atoms with Gasteiger partial charge in [0.15, 0.2) is 0 Å². The molecule has 0 saturated carbocycles. The maximum absolute atomic E-state index is 13.9. The van der Waals surface area contributed by atoms with Crippen LogP contribution in [-0.2, 0) is 20.9 Å². The topological polar surface area (TPSA) is 72.6 Å². The number of benzene rings is 1. The van der Waals surface area contributed by atoms with Gasteiger partial charge in [0.1, 0.15) is 5.82 Å². The van der Waals surface area contributed by atoms with E-state index in [0.717, 1.165) is 18.4 Å². The zero-order chi connectivity index (χ0) is 17.4. The molecule has 6 heteroatoms. The summed E-state index contributed by atoms with van der Waals surface area (Å²) in [5.74, 6) is -1.26. The summed E-state index contributed by atoms with van der Waals surface area (Å²) >= 11 is 0. The van der Waals surface area contributed by atoms with Crippen molar-refractivity contribution in [2.75, 3.05) is 13.7 Å². The monoisotopic (exact) mass is 324 g/mol. The summed E-state index contributed by atoms with van der Waals surface area (Å²) in [5.41, 5.74) is 7.17. The van der Waals surface area contributed by atoms with Crippen molar-refractivity contribution in [2.45, 2.75) is 45.7 Å².